The van der Waals surface area contributed by atoms with E-state index in [1.54, 1.807) is 49.3 Å². The van der Waals surface area contributed by atoms with Gasteiger partial charge in [0.25, 0.3) is 5.91 Å². The van der Waals surface area contributed by atoms with E-state index in [1.807, 2.05) is 26.1 Å². The van der Waals surface area contributed by atoms with Gasteiger partial charge in [-0.1, -0.05) is 41.0 Å². The highest BCUT2D eigenvalue weighted by Crippen LogP contribution is 2.51. The van der Waals surface area contributed by atoms with Crippen molar-refractivity contribution in [2.75, 3.05) is 13.8 Å². The molecule has 0 spiro atoms. The number of carbonyl (C=O) groups is 4. The first-order valence-corrected chi connectivity index (χ1v) is 13.7. The van der Waals surface area contributed by atoms with Crippen LogP contribution in [-0.4, -0.2) is 74.8 Å². The van der Waals surface area contributed by atoms with Crippen LogP contribution in [0.15, 0.2) is 52.8 Å². The number of ether oxygens (including phenoxy) is 2. The van der Waals surface area contributed by atoms with E-state index in [4.69, 9.17) is 25.6 Å². The number of aryl methyl sites for hydroxylation is 1. The molecule has 2 saturated heterocycles. The Kier molecular flexibility index (Phi) is 7.40. The maximum atomic E-state index is 13.3. The highest BCUT2D eigenvalue weighted by molar-refractivity contribution is 8.01. The first-order valence-electron chi connectivity index (χ1n) is 12.4. The van der Waals surface area contributed by atoms with Crippen molar-refractivity contribution in [3.8, 4) is 11.3 Å². The van der Waals surface area contributed by atoms with Gasteiger partial charge in [0.2, 0.25) is 12.7 Å². The van der Waals surface area contributed by atoms with Gasteiger partial charge in [-0.25, -0.2) is 9.59 Å². The van der Waals surface area contributed by atoms with Crippen LogP contribution < -0.4 is 5.32 Å². The number of amides is 2. The van der Waals surface area contributed by atoms with Crippen LogP contribution in [0.1, 0.15) is 36.4 Å². The van der Waals surface area contributed by atoms with Gasteiger partial charge >= 0.3 is 11.9 Å². The average molecular weight is 587 g/mol. The maximum absolute atomic E-state index is 13.3. The van der Waals surface area contributed by atoms with E-state index < -0.39 is 52.8 Å². The van der Waals surface area contributed by atoms with E-state index in [9.17, 15) is 19.2 Å². The molecular weight excluding hydrogens is 560 g/mol. The molecular formula is C27H27ClN4O7S. The highest BCUT2D eigenvalue weighted by Gasteiger charge is 2.64. The summed E-state index contributed by atoms with van der Waals surface area (Å²) in [7, 11) is 1.78. The Morgan fingerprint density at radius 2 is 2.00 bits per heavy atom. The van der Waals surface area contributed by atoms with Crippen LogP contribution in [0.3, 0.4) is 0 Å². The number of fused-ring (bicyclic) bond motifs is 1. The van der Waals surface area contributed by atoms with Gasteiger partial charge < -0.3 is 29.1 Å². The number of esters is 2. The molecule has 3 aliphatic rings. The fourth-order valence-corrected chi connectivity index (χ4v) is 6.80. The summed E-state index contributed by atoms with van der Waals surface area (Å²) in [6.07, 6.45) is 5.68. The van der Waals surface area contributed by atoms with Crippen molar-refractivity contribution in [1.82, 2.24) is 20.3 Å². The largest absolute Gasteiger partial charge is 0.426 e. The van der Waals surface area contributed by atoms with Gasteiger partial charge in [0.05, 0.1) is 10.6 Å². The Labute approximate surface area is 239 Å². The number of nitrogens with zero attached hydrogens (tertiary/aromatic N) is 3. The molecule has 0 saturated carbocycles. The smallest absolute Gasteiger partial charge is 0.338 e. The van der Waals surface area contributed by atoms with E-state index in [-0.39, 0.29) is 17.0 Å². The van der Waals surface area contributed by atoms with E-state index in [2.05, 4.69) is 10.5 Å². The van der Waals surface area contributed by atoms with Gasteiger partial charge in [-0.3, -0.25) is 9.59 Å². The van der Waals surface area contributed by atoms with Gasteiger partial charge in [-0.15, -0.1) is 11.8 Å². The molecule has 4 heterocycles. The molecule has 2 aromatic rings. The summed E-state index contributed by atoms with van der Waals surface area (Å²) in [6, 6.07) is 5.12. The molecule has 0 unspecified atom stereocenters. The molecule has 0 bridgehead atoms. The van der Waals surface area contributed by atoms with Crippen molar-refractivity contribution in [2.45, 2.75) is 49.4 Å². The number of rotatable bonds is 7. The molecule has 3 atom stereocenters. The number of nitrogens with one attached hydrogen (secondary N) is 1. The molecule has 5 rings (SSSR count). The standard InChI is InChI=1S/C27H27ClN4O7S/c1-14-18(19(30-39-14)16-9-5-6-10-17(16)28)22(33)29-20-23(34)32-21(27(2,3)40-24(20)32)26(36)38-13-37-25(35)15-8-7-11-31(4)12-15/h5-7,9-12,20-21,24H,8,13H2,1-4H3,(H,29,33)/t20-,21+,24-/m1/s1. The first kappa shape index (κ1) is 27.8. The number of halogens is 1. The number of benzene rings is 1. The number of hydrogen-bond donors (Lipinski definition) is 1. The van der Waals surface area contributed by atoms with Crippen LogP contribution in [0.4, 0.5) is 0 Å². The molecule has 2 fully saturated rings. The van der Waals surface area contributed by atoms with Crippen molar-refractivity contribution in [1.29, 1.82) is 0 Å². The van der Waals surface area contributed by atoms with Crippen LogP contribution >= 0.6 is 23.4 Å². The molecule has 3 aliphatic heterocycles. The van der Waals surface area contributed by atoms with Gasteiger partial charge in [0.1, 0.15) is 34.5 Å². The van der Waals surface area contributed by atoms with Crippen LogP contribution in [0, 0.1) is 6.92 Å². The SMILES string of the molecule is Cc1onc(-c2ccccc2Cl)c1C(=O)N[C@@H]1C(=O)N2[C@@H]1SC(C)(C)[C@@H]2C(=O)OCOC(=O)C1=CN(C)C=CC1. The number of aromatic nitrogens is 1. The van der Waals surface area contributed by atoms with Gasteiger partial charge in [0, 0.05) is 30.0 Å². The van der Waals surface area contributed by atoms with Crippen molar-refractivity contribution in [3.05, 3.63) is 64.7 Å². The molecule has 0 radical (unpaired) electrons. The van der Waals surface area contributed by atoms with Gasteiger partial charge in [0.15, 0.2) is 0 Å². The van der Waals surface area contributed by atoms with Crippen LogP contribution in [0.2, 0.25) is 5.02 Å². The van der Waals surface area contributed by atoms with Crippen LogP contribution in [-0.2, 0) is 23.9 Å². The molecule has 1 aromatic heterocycles. The maximum Gasteiger partial charge on any atom is 0.338 e. The second kappa shape index (κ2) is 10.7. The lowest BCUT2D eigenvalue weighted by atomic mass is 9.95. The normalized spacial score (nSPS) is 22.8. The summed E-state index contributed by atoms with van der Waals surface area (Å²) in [6.45, 7) is 4.65. The summed E-state index contributed by atoms with van der Waals surface area (Å²) >= 11 is 7.68. The highest BCUT2D eigenvalue weighted by atomic mass is 35.5. The summed E-state index contributed by atoms with van der Waals surface area (Å²) in [5, 5.41) is 6.69. The third kappa shape index (κ3) is 4.97. The zero-order valence-corrected chi connectivity index (χ0v) is 23.7. The molecule has 2 amide bonds. The summed E-state index contributed by atoms with van der Waals surface area (Å²) in [4.78, 5) is 54.9. The van der Waals surface area contributed by atoms with Crippen molar-refractivity contribution in [3.63, 3.8) is 0 Å². The third-order valence-electron chi connectivity index (χ3n) is 6.86. The fraction of sp³-hybridized carbons (Fsp3) is 0.370. The Balaban J connectivity index is 1.23. The van der Waals surface area contributed by atoms with Crippen molar-refractivity contribution in [2.24, 2.45) is 0 Å². The minimum atomic E-state index is -0.930. The first-order chi connectivity index (χ1) is 19.0. The van der Waals surface area contributed by atoms with Crippen molar-refractivity contribution < 1.29 is 33.2 Å². The van der Waals surface area contributed by atoms with E-state index in [1.165, 1.54) is 16.7 Å². The second-order valence-corrected chi connectivity index (χ2v) is 12.3. The predicted octanol–water partition coefficient (Wildman–Crippen LogP) is 3.24. The predicted molar refractivity (Wildman–Crippen MR) is 146 cm³/mol. The summed E-state index contributed by atoms with van der Waals surface area (Å²) < 4.78 is 14.9. The number of carbonyl (C=O) groups excluding carboxylic acids is 4. The lowest BCUT2D eigenvalue weighted by Crippen LogP contribution is -2.70. The molecule has 40 heavy (non-hydrogen) atoms. The zero-order chi connectivity index (χ0) is 28.8. The average Bonchev–Trinajstić information content (AvgIpc) is 3.41. The van der Waals surface area contributed by atoms with Crippen LogP contribution in [0.5, 0.6) is 0 Å². The fourth-order valence-electron chi connectivity index (χ4n) is 4.95. The zero-order valence-electron chi connectivity index (χ0n) is 22.2. The quantitative estimate of drug-likeness (QED) is 0.293. The Hall–Kier alpha value is -3.77. The molecule has 0 aliphatic carbocycles. The molecule has 13 heteroatoms. The molecule has 210 valence electrons. The summed E-state index contributed by atoms with van der Waals surface area (Å²) in [5.74, 6) is -1.98. The number of thioether (sulfide) groups is 1. The van der Waals surface area contributed by atoms with E-state index in [0.717, 1.165) is 0 Å². The minimum absolute atomic E-state index is 0.175. The van der Waals surface area contributed by atoms with E-state index in [0.29, 0.717) is 22.6 Å². The lowest BCUT2D eigenvalue weighted by molar-refractivity contribution is -0.175. The number of β-lactam (4-membered cyclic amide) rings is 1. The van der Waals surface area contributed by atoms with Crippen molar-refractivity contribution >= 4 is 47.1 Å². The molecule has 11 nitrogen and oxygen atoms in total. The Morgan fingerprint density at radius 3 is 2.73 bits per heavy atom. The monoisotopic (exact) mass is 586 g/mol. The molecule has 1 N–H and O–H groups in total. The molecule has 1 aromatic carbocycles. The minimum Gasteiger partial charge on any atom is -0.426 e. The Morgan fingerprint density at radius 1 is 1.25 bits per heavy atom. The third-order valence-corrected chi connectivity index (χ3v) is 8.76. The lowest BCUT2D eigenvalue weighted by Gasteiger charge is -2.43. The van der Waals surface area contributed by atoms with Gasteiger partial charge in [-0.05, 0) is 33.0 Å². The van der Waals surface area contributed by atoms with Gasteiger partial charge in [-0.2, -0.15) is 0 Å². The number of hydrogen-bond acceptors (Lipinski definition) is 10. The summed E-state index contributed by atoms with van der Waals surface area (Å²) in [5.41, 5.74) is 1.39. The second-order valence-electron chi connectivity index (χ2n) is 10.1. The Bertz CT molecular complexity index is 1450. The van der Waals surface area contributed by atoms with E-state index >= 15 is 0 Å². The number of allylic oxidation sites excluding steroid dienone is 1. The van der Waals surface area contributed by atoms with Crippen LogP contribution in [0.25, 0.3) is 11.3 Å². The topological polar surface area (TPSA) is 131 Å².